The number of aromatic nitrogens is 1. The minimum atomic E-state index is 1.24. The van der Waals surface area contributed by atoms with Crippen LogP contribution in [0.25, 0.3) is 34.1 Å². The first kappa shape index (κ1) is 12.3. The van der Waals surface area contributed by atoms with E-state index in [0.29, 0.717) is 0 Å². The molecule has 3 aromatic carbocycles. The quantitative estimate of drug-likeness (QED) is 0.419. The van der Waals surface area contributed by atoms with Crippen molar-refractivity contribution in [3.8, 4) is 11.1 Å². The summed E-state index contributed by atoms with van der Waals surface area (Å²) < 4.78 is 0. The Hall–Kier alpha value is -3.19. The third-order valence-electron chi connectivity index (χ3n) is 5.25. The highest BCUT2D eigenvalue weighted by Gasteiger charge is 2.20. The van der Waals surface area contributed by atoms with Crippen molar-refractivity contribution in [3.63, 3.8) is 0 Å². The molecule has 0 bridgehead atoms. The molecule has 6 rings (SSSR count). The van der Waals surface area contributed by atoms with Gasteiger partial charge in [-0.05, 0) is 66.7 Å². The van der Waals surface area contributed by atoms with Crippen LogP contribution < -0.4 is 10.4 Å². The molecule has 0 spiro atoms. The maximum Gasteiger partial charge on any atom is 0.0352 e. The molecule has 2 aliphatic rings. The molecule has 1 aromatic heterocycles. The first-order valence-electron chi connectivity index (χ1n) is 8.24. The van der Waals surface area contributed by atoms with Crippen LogP contribution in [0.4, 0.5) is 0 Å². The van der Waals surface area contributed by atoms with Gasteiger partial charge in [0.1, 0.15) is 0 Å². The monoisotopic (exact) mass is 303 g/mol. The third-order valence-corrected chi connectivity index (χ3v) is 5.25. The highest BCUT2D eigenvalue weighted by Crippen LogP contribution is 2.34. The molecule has 0 saturated carbocycles. The Labute approximate surface area is 138 Å². The van der Waals surface area contributed by atoms with E-state index in [1.165, 1.54) is 53.9 Å². The Bertz CT molecular complexity index is 1390. The van der Waals surface area contributed by atoms with Crippen LogP contribution in [0.15, 0.2) is 67.0 Å². The van der Waals surface area contributed by atoms with Gasteiger partial charge >= 0.3 is 0 Å². The van der Waals surface area contributed by atoms with Crippen molar-refractivity contribution in [2.45, 2.75) is 0 Å². The maximum atomic E-state index is 4.40. The Morgan fingerprint density at radius 1 is 0.750 bits per heavy atom. The van der Waals surface area contributed by atoms with E-state index in [-0.39, 0.29) is 0 Å². The highest BCUT2D eigenvalue weighted by atomic mass is 14.6. The number of benzene rings is 3. The molecule has 0 N–H and O–H groups in total. The summed E-state index contributed by atoms with van der Waals surface area (Å²) in [7, 11) is 0. The second-order valence-electron chi connectivity index (χ2n) is 6.46. The van der Waals surface area contributed by atoms with Crippen molar-refractivity contribution in [3.05, 3.63) is 99.0 Å². The van der Waals surface area contributed by atoms with Crippen LogP contribution in [-0.2, 0) is 0 Å². The smallest absolute Gasteiger partial charge is 0.0352 e. The van der Waals surface area contributed by atoms with E-state index in [1.807, 2.05) is 12.4 Å². The van der Waals surface area contributed by atoms with Crippen LogP contribution in [0, 0.1) is 10.4 Å². The predicted molar refractivity (Wildman–Crippen MR) is 97.7 cm³/mol. The minimum Gasteiger partial charge on any atom is -0.264 e. The van der Waals surface area contributed by atoms with Gasteiger partial charge in [-0.15, -0.1) is 0 Å². The number of hydrogen-bond acceptors (Lipinski definition) is 1. The molecular formula is C23H13N. The van der Waals surface area contributed by atoms with Crippen LogP contribution in [-0.4, -0.2) is 4.98 Å². The first-order chi connectivity index (χ1) is 11.9. The van der Waals surface area contributed by atoms with Crippen molar-refractivity contribution in [1.82, 2.24) is 4.98 Å². The zero-order valence-corrected chi connectivity index (χ0v) is 13.0. The molecule has 1 heterocycles. The number of rotatable bonds is 0. The van der Waals surface area contributed by atoms with Gasteiger partial charge < -0.3 is 0 Å². The largest absolute Gasteiger partial charge is 0.264 e. The number of fused-ring (bicyclic) bond motifs is 9. The molecule has 1 nitrogen and oxygen atoms in total. The fourth-order valence-corrected chi connectivity index (χ4v) is 4.26. The molecule has 0 atom stereocenters. The zero-order valence-electron chi connectivity index (χ0n) is 13.0. The highest BCUT2D eigenvalue weighted by molar-refractivity contribution is 6.05. The van der Waals surface area contributed by atoms with Crippen LogP contribution in [0.2, 0.25) is 0 Å². The van der Waals surface area contributed by atoms with Crippen molar-refractivity contribution >= 4 is 22.9 Å². The topological polar surface area (TPSA) is 12.9 Å². The molecule has 0 unspecified atom stereocenters. The van der Waals surface area contributed by atoms with Gasteiger partial charge in [0, 0.05) is 17.8 Å². The molecular weight excluding hydrogens is 290 g/mol. The van der Waals surface area contributed by atoms with Crippen LogP contribution >= 0.6 is 0 Å². The average molecular weight is 303 g/mol. The zero-order chi connectivity index (χ0) is 15.7. The summed E-state index contributed by atoms with van der Waals surface area (Å²) in [5.41, 5.74) is 5.30. The van der Waals surface area contributed by atoms with Gasteiger partial charge in [0.2, 0.25) is 0 Å². The summed E-state index contributed by atoms with van der Waals surface area (Å²) >= 11 is 0. The van der Waals surface area contributed by atoms with Crippen LogP contribution in [0.1, 0.15) is 11.1 Å². The maximum absolute atomic E-state index is 4.40. The summed E-state index contributed by atoms with van der Waals surface area (Å²) in [6.45, 7) is 0. The lowest BCUT2D eigenvalue weighted by atomic mass is 9.95. The normalized spacial score (nSPS) is 12.8. The summed E-state index contributed by atoms with van der Waals surface area (Å²) in [5, 5.41) is 7.88. The van der Waals surface area contributed by atoms with E-state index in [4.69, 9.17) is 0 Å². The van der Waals surface area contributed by atoms with Gasteiger partial charge in [-0.2, -0.15) is 0 Å². The van der Waals surface area contributed by atoms with Crippen molar-refractivity contribution < 1.29 is 0 Å². The third kappa shape index (κ3) is 1.38. The van der Waals surface area contributed by atoms with Crippen LogP contribution in [0.3, 0.4) is 0 Å². The van der Waals surface area contributed by atoms with E-state index in [2.05, 4.69) is 71.7 Å². The lowest BCUT2D eigenvalue weighted by molar-refractivity contribution is 1.35. The fourth-order valence-electron chi connectivity index (χ4n) is 4.26. The SMILES string of the molecule is C1=c2ccccc2=c2c1c1cnccc1c1c2=Cc2ccccc2-1. The Morgan fingerprint density at radius 2 is 1.62 bits per heavy atom. The van der Waals surface area contributed by atoms with E-state index in [9.17, 15) is 0 Å². The molecule has 0 amide bonds. The van der Waals surface area contributed by atoms with Gasteiger partial charge in [-0.1, -0.05) is 48.5 Å². The van der Waals surface area contributed by atoms with Gasteiger partial charge in [0.15, 0.2) is 0 Å². The van der Waals surface area contributed by atoms with E-state index in [0.717, 1.165) is 0 Å². The lowest BCUT2D eigenvalue weighted by Crippen LogP contribution is -2.08. The molecule has 0 fully saturated rings. The number of pyridine rings is 1. The molecule has 0 saturated heterocycles. The molecule has 0 aliphatic heterocycles. The van der Waals surface area contributed by atoms with Crippen molar-refractivity contribution in [2.75, 3.05) is 0 Å². The summed E-state index contributed by atoms with van der Waals surface area (Å²) in [5.74, 6) is 0. The van der Waals surface area contributed by atoms with Gasteiger partial charge in [-0.3, -0.25) is 4.98 Å². The lowest BCUT2D eigenvalue weighted by Gasteiger charge is -2.08. The molecule has 2 aliphatic carbocycles. The van der Waals surface area contributed by atoms with Crippen LogP contribution in [0.5, 0.6) is 0 Å². The number of nitrogens with zero attached hydrogens (tertiary/aromatic N) is 1. The van der Waals surface area contributed by atoms with Gasteiger partial charge in [-0.25, -0.2) is 0 Å². The fraction of sp³-hybridized carbons (Fsp3) is 0. The summed E-state index contributed by atoms with van der Waals surface area (Å²) in [4.78, 5) is 4.40. The van der Waals surface area contributed by atoms with E-state index < -0.39 is 0 Å². The Morgan fingerprint density at radius 3 is 2.62 bits per heavy atom. The van der Waals surface area contributed by atoms with Crippen molar-refractivity contribution in [2.24, 2.45) is 0 Å². The molecule has 1 heteroatoms. The van der Waals surface area contributed by atoms with E-state index in [1.54, 1.807) is 0 Å². The second-order valence-corrected chi connectivity index (χ2v) is 6.46. The van der Waals surface area contributed by atoms with E-state index >= 15 is 0 Å². The molecule has 0 radical (unpaired) electrons. The minimum absolute atomic E-state index is 1.24. The Balaban J connectivity index is 2.02. The van der Waals surface area contributed by atoms with Crippen molar-refractivity contribution in [1.29, 1.82) is 0 Å². The second kappa shape index (κ2) is 4.21. The summed E-state index contributed by atoms with van der Waals surface area (Å²) in [6, 6.07) is 19.5. The molecule has 4 aromatic rings. The number of hydrogen-bond donors (Lipinski definition) is 0. The summed E-state index contributed by atoms with van der Waals surface area (Å²) in [6.07, 6.45) is 8.57. The first-order valence-corrected chi connectivity index (χ1v) is 8.24. The standard InChI is InChI=1S/C23H13N/c1-4-8-17-14(5-1)11-19-21-13-24-10-9-18(21)22-16-7-3-2-6-15(16)12-20(22)23(17)19/h1-13H. The average Bonchev–Trinajstić information content (AvgIpc) is 3.20. The van der Waals surface area contributed by atoms with Gasteiger partial charge in [0.25, 0.3) is 0 Å². The Kier molecular flexibility index (Phi) is 2.15. The predicted octanol–water partition coefficient (Wildman–Crippen LogP) is 3.47. The molecule has 110 valence electrons. The van der Waals surface area contributed by atoms with Gasteiger partial charge in [0.05, 0.1) is 0 Å². The molecule has 24 heavy (non-hydrogen) atoms.